The summed E-state index contributed by atoms with van der Waals surface area (Å²) in [6.07, 6.45) is -2.58. The Kier molecular flexibility index (Phi) is 13.6. The number of carbonyl (C=O) groups excluding carboxylic acids is 2. The minimum atomic E-state index is -4.64. The van der Waals surface area contributed by atoms with Gasteiger partial charge in [0, 0.05) is 50.5 Å². The van der Waals surface area contributed by atoms with E-state index in [2.05, 4.69) is 63.4 Å². The molecule has 0 aliphatic carbocycles. The summed E-state index contributed by atoms with van der Waals surface area (Å²) in [4.78, 5) is 36.0. The maximum atomic E-state index is 13.5. The van der Waals surface area contributed by atoms with Crippen LogP contribution in [-0.4, -0.2) is 99.2 Å². The Balaban J connectivity index is 1.54. The maximum Gasteiger partial charge on any atom is 0.417 e. The van der Waals surface area contributed by atoms with E-state index in [-0.39, 0.29) is 22.7 Å². The van der Waals surface area contributed by atoms with Crippen LogP contribution in [0.25, 0.3) is 0 Å². The van der Waals surface area contributed by atoms with Crippen LogP contribution >= 0.6 is 11.6 Å². The molecular weight excluding hydrogens is 655 g/mol. The molecule has 2 amide bonds. The van der Waals surface area contributed by atoms with Crippen LogP contribution in [-0.2, 0) is 12.7 Å². The van der Waals surface area contributed by atoms with Gasteiger partial charge in [0.05, 0.1) is 28.1 Å². The second-order valence-electron chi connectivity index (χ2n) is 12.2. The van der Waals surface area contributed by atoms with Crippen molar-refractivity contribution < 1.29 is 22.8 Å². The molecule has 3 aromatic carbocycles. The van der Waals surface area contributed by atoms with Crippen molar-refractivity contribution in [2.75, 3.05) is 76.7 Å². The quantitative estimate of drug-likeness (QED) is 0.161. The molecule has 1 fully saturated rings. The molecule has 2 N–H and O–H groups in total. The minimum Gasteiger partial charge on any atom is -0.370 e. The number of hydrogen-bond acceptors (Lipinski definition) is 7. The molecular formula is C36H45ClF3N7O2. The molecule has 0 spiro atoms. The van der Waals surface area contributed by atoms with Gasteiger partial charge in [0.2, 0.25) is 0 Å². The first kappa shape index (κ1) is 37.8. The average molecular weight is 700 g/mol. The van der Waals surface area contributed by atoms with E-state index in [4.69, 9.17) is 11.6 Å². The van der Waals surface area contributed by atoms with Crippen molar-refractivity contribution in [2.45, 2.75) is 33.0 Å². The molecule has 0 saturated carbocycles. The molecule has 1 saturated heterocycles. The van der Waals surface area contributed by atoms with Crippen molar-refractivity contribution in [1.82, 2.24) is 20.1 Å². The van der Waals surface area contributed by atoms with Crippen LogP contribution in [0.2, 0.25) is 5.02 Å². The number of halogens is 4. The Morgan fingerprint density at radius 1 is 0.959 bits per heavy atom. The van der Waals surface area contributed by atoms with Crippen LogP contribution in [0.15, 0.2) is 65.8 Å². The smallest absolute Gasteiger partial charge is 0.370 e. The van der Waals surface area contributed by atoms with Crippen molar-refractivity contribution in [3.8, 4) is 0 Å². The molecule has 49 heavy (non-hydrogen) atoms. The van der Waals surface area contributed by atoms with Gasteiger partial charge in [-0.2, -0.15) is 18.3 Å². The summed E-state index contributed by atoms with van der Waals surface area (Å²) >= 11 is 5.73. The maximum absolute atomic E-state index is 13.5. The molecule has 3 aromatic rings. The van der Waals surface area contributed by atoms with Gasteiger partial charge in [0.25, 0.3) is 11.8 Å². The van der Waals surface area contributed by atoms with Crippen molar-refractivity contribution in [3.63, 3.8) is 0 Å². The van der Waals surface area contributed by atoms with E-state index in [0.717, 1.165) is 88.4 Å². The monoisotopic (exact) mass is 699 g/mol. The third-order valence-corrected chi connectivity index (χ3v) is 8.92. The second kappa shape index (κ2) is 17.6. The van der Waals surface area contributed by atoms with E-state index in [1.54, 1.807) is 18.2 Å². The van der Waals surface area contributed by atoms with E-state index in [0.29, 0.717) is 12.1 Å². The van der Waals surface area contributed by atoms with Gasteiger partial charge in [-0.3, -0.25) is 9.59 Å². The van der Waals surface area contributed by atoms with E-state index >= 15 is 0 Å². The number of amides is 2. The first-order valence-corrected chi connectivity index (χ1v) is 16.8. The summed E-state index contributed by atoms with van der Waals surface area (Å²) in [7, 11) is 4.12. The highest BCUT2D eigenvalue weighted by atomic mass is 35.5. The number of hydrogen-bond donors (Lipinski definition) is 2. The fraction of sp³-hybridized carbons (Fsp3) is 0.417. The van der Waals surface area contributed by atoms with Crippen LogP contribution < -0.4 is 15.6 Å². The lowest BCUT2D eigenvalue weighted by molar-refractivity contribution is -0.137. The predicted molar refractivity (Wildman–Crippen MR) is 191 cm³/mol. The molecule has 0 radical (unpaired) electrons. The Hall–Kier alpha value is -3.97. The summed E-state index contributed by atoms with van der Waals surface area (Å²) in [5, 5.41) is 6.38. The summed E-state index contributed by atoms with van der Waals surface area (Å²) < 4.78 is 40.0. The Morgan fingerprint density at radius 2 is 1.73 bits per heavy atom. The number of benzene rings is 3. The standard InChI is InChI=1S/C36H45ClF3N7O2/c1-5-46(6-2)19-17-45(4)25-27-9-7-10-28(21-27)34(48)42-33-14-12-29(47-16-8-15-44(3)18-20-47)23-30(33)35(49)43-41-24-26-11-13-32(37)31(22-26)36(38,39)40/h7,9-14,21-24H,5-6,8,15-20,25H2,1-4H3,(H,42,48)(H,43,49). The molecule has 264 valence electrons. The zero-order valence-corrected chi connectivity index (χ0v) is 29.2. The van der Waals surface area contributed by atoms with Crippen molar-refractivity contribution in [1.29, 1.82) is 0 Å². The van der Waals surface area contributed by atoms with Crippen LogP contribution in [0.4, 0.5) is 24.5 Å². The number of hydrazone groups is 1. The topological polar surface area (TPSA) is 83.5 Å². The highest BCUT2D eigenvalue weighted by Gasteiger charge is 2.33. The van der Waals surface area contributed by atoms with Crippen molar-refractivity contribution in [3.05, 3.63) is 93.5 Å². The predicted octanol–water partition coefficient (Wildman–Crippen LogP) is 6.29. The van der Waals surface area contributed by atoms with Crippen LogP contribution in [0.5, 0.6) is 0 Å². The summed E-state index contributed by atoms with van der Waals surface area (Å²) in [5.74, 6) is -1.01. The number of nitrogens with zero attached hydrogens (tertiary/aromatic N) is 5. The van der Waals surface area contributed by atoms with Crippen LogP contribution in [0.1, 0.15) is 57.7 Å². The largest absolute Gasteiger partial charge is 0.417 e. The minimum absolute atomic E-state index is 0.103. The molecule has 9 nitrogen and oxygen atoms in total. The number of likely N-dealkylation sites (N-methyl/N-ethyl adjacent to an activating group) is 3. The van der Waals surface area contributed by atoms with Gasteiger partial charge in [0.15, 0.2) is 0 Å². The van der Waals surface area contributed by atoms with Crippen LogP contribution in [0.3, 0.4) is 0 Å². The molecule has 13 heteroatoms. The van der Waals surface area contributed by atoms with Gasteiger partial charge in [-0.25, -0.2) is 5.43 Å². The Morgan fingerprint density at radius 3 is 2.47 bits per heavy atom. The summed E-state index contributed by atoms with van der Waals surface area (Å²) in [6, 6.07) is 16.0. The van der Waals surface area contributed by atoms with E-state index < -0.39 is 22.7 Å². The molecule has 4 rings (SSSR count). The molecule has 1 heterocycles. The number of alkyl halides is 3. The SMILES string of the molecule is CCN(CC)CCN(C)Cc1cccc(C(=O)Nc2ccc(N3CCCN(C)CC3)cc2C(=O)NN=Cc2ccc(Cl)c(C(F)(F)F)c2)c1. The number of rotatable bonds is 13. The van der Waals surface area contributed by atoms with E-state index in [9.17, 15) is 22.8 Å². The van der Waals surface area contributed by atoms with Gasteiger partial charge in [0.1, 0.15) is 0 Å². The van der Waals surface area contributed by atoms with Crippen molar-refractivity contribution >= 4 is 41.0 Å². The summed E-state index contributed by atoms with van der Waals surface area (Å²) in [6.45, 7) is 12.2. The Labute approximate surface area is 291 Å². The van der Waals surface area contributed by atoms with Gasteiger partial charge in [-0.1, -0.05) is 43.6 Å². The Bertz CT molecular complexity index is 1610. The third kappa shape index (κ3) is 11.0. The lowest BCUT2D eigenvalue weighted by Gasteiger charge is -2.24. The zero-order valence-electron chi connectivity index (χ0n) is 28.5. The molecule has 0 atom stereocenters. The highest BCUT2D eigenvalue weighted by Crippen LogP contribution is 2.35. The second-order valence-corrected chi connectivity index (χ2v) is 12.6. The normalized spacial score (nSPS) is 14.4. The molecule has 0 aromatic heterocycles. The van der Waals surface area contributed by atoms with E-state index in [1.165, 1.54) is 6.07 Å². The van der Waals surface area contributed by atoms with Gasteiger partial charge >= 0.3 is 6.18 Å². The van der Waals surface area contributed by atoms with Crippen LogP contribution in [0, 0.1) is 0 Å². The van der Waals surface area contributed by atoms with Gasteiger partial charge in [-0.15, -0.1) is 0 Å². The van der Waals surface area contributed by atoms with Crippen molar-refractivity contribution in [2.24, 2.45) is 5.10 Å². The van der Waals surface area contributed by atoms with Gasteiger partial charge < -0.3 is 24.9 Å². The first-order valence-electron chi connectivity index (χ1n) is 16.5. The summed E-state index contributed by atoms with van der Waals surface area (Å²) in [5.41, 5.74) is 4.20. The average Bonchev–Trinajstić information content (AvgIpc) is 3.29. The number of nitrogens with one attached hydrogen (secondary N) is 2. The molecule has 0 unspecified atom stereocenters. The fourth-order valence-electron chi connectivity index (χ4n) is 5.64. The zero-order chi connectivity index (χ0) is 35.6. The molecule has 1 aliphatic rings. The molecule has 1 aliphatic heterocycles. The number of anilines is 2. The lowest BCUT2D eigenvalue weighted by Crippen LogP contribution is -2.32. The van der Waals surface area contributed by atoms with Gasteiger partial charge in [-0.05, 0) is 93.7 Å². The highest BCUT2D eigenvalue weighted by molar-refractivity contribution is 6.31. The lowest BCUT2D eigenvalue weighted by atomic mass is 10.1. The third-order valence-electron chi connectivity index (χ3n) is 8.59. The fourth-order valence-corrected chi connectivity index (χ4v) is 5.87. The first-order chi connectivity index (χ1) is 23.4. The number of carbonyl (C=O) groups is 2. The molecule has 0 bridgehead atoms. The van der Waals surface area contributed by atoms with E-state index in [1.807, 2.05) is 24.3 Å².